The summed E-state index contributed by atoms with van der Waals surface area (Å²) in [6, 6.07) is 11.5. The number of rotatable bonds is 5. The molecule has 30 heavy (non-hydrogen) atoms. The second-order valence-corrected chi connectivity index (χ2v) is 14.7. The molecule has 0 aliphatic heterocycles. The number of Topliss-reactive ketones (excluding diaryl/α,β-unsaturated/α-hetero) is 1. The van der Waals surface area contributed by atoms with Gasteiger partial charge in [0.15, 0.2) is 12.4 Å². The van der Waals surface area contributed by atoms with Gasteiger partial charge in [0, 0.05) is 16.5 Å². The van der Waals surface area contributed by atoms with Crippen molar-refractivity contribution in [2.45, 2.75) is 37.9 Å². The number of hydrogen-bond donors (Lipinski definition) is 1. The van der Waals surface area contributed by atoms with E-state index in [1.807, 2.05) is 30.3 Å². The van der Waals surface area contributed by atoms with E-state index in [4.69, 9.17) is 9.84 Å². The monoisotopic (exact) mass is 548 g/mol. The summed E-state index contributed by atoms with van der Waals surface area (Å²) in [5, 5.41) is 8.95. The summed E-state index contributed by atoms with van der Waals surface area (Å²) in [5.41, 5.74) is 4.98. The summed E-state index contributed by atoms with van der Waals surface area (Å²) in [7, 11) is -1.58. The lowest BCUT2D eigenvalue weighted by Crippen LogP contribution is -2.33. The van der Waals surface area contributed by atoms with Gasteiger partial charge >= 0.3 is 5.97 Å². The Bertz CT molecular complexity index is 1060. The zero-order chi connectivity index (χ0) is 22.1. The van der Waals surface area contributed by atoms with Crippen LogP contribution in [0.25, 0.3) is 0 Å². The number of carbonyl (C=O) groups is 2. The first kappa shape index (κ1) is 22.8. The van der Waals surface area contributed by atoms with Crippen LogP contribution in [0.15, 0.2) is 45.3 Å². The third kappa shape index (κ3) is 4.56. The Balaban J connectivity index is 2.11. The summed E-state index contributed by atoms with van der Waals surface area (Å²) in [6.45, 7) is 6.09. The van der Waals surface area contributed by atoms with Crippen LogP contribution in [0.5, 0.6) is 5.75 Å². The highest BCUT2D eigenvalue weighted by Gasteiger charge is 2.48. The van der Waals surface area contributed by atoms with Gasteiger partial charge in [-0.15, -0.1) is 11.5 Å². The third-order valence-corrected chi connectivity index (χ3v) is 7.98. The van der Waals surface area contributed by atoms with Crippen molar-refractivity contribution in [1.82, 2.24) is 0 Å². The lowest BCUT2D eigenvalue weighted by atomic mass is 9.74. The van der Waals surface area contributed by atoms with Gasteiger partial charge in [0.2, 0.25) is 0 Å². The molecule has 0 radical (unpaired) electrons. The summed E-state index contributed by atoms with van der Waals surface area (Å²) in [6.07, 6.45) is 0.922. The highest BCUT2D eigenvalue weighted by molar-refractivity contribution is 9.13. The van der Waals surface area contributed by atoms with Gasteiger partial charge in [0.25, 0.3) is 0 Å². The van der Waals surface area contributed by atoms with E-state index in [2.05, 4.69) is 63.0 Å². The van der Waals surface area contributed by atoms with Crippen molar-refractivity contribution >= 4 is 51.7 Å². The van der Waals surface area contributed by atoms with E-state index < -0.39 is 26.1 Å². The quantitative estimate of drug-likeness (QED) is 0.388. The van der Waals surface area contributed by atoms with Crippen molar-refractivity contribution in [3.63, 3.8) is 0 Å². The predicted molar refractivity (Wildman–Crippen MR) is 127 cm³/mol. The Morgan fingerprint density at radius 1 is 1.20 bits per heavy atom. The topological polar surface area (TPSA) is 63.6 Å². The highest BCUT2D eigenvalue weighted by Crippen LogP contribution is 2.48. The van der Waals surface area contributed by atoms with Crippen molar-refractivity contribution in [2.75, 3.05) is 6.61 Å². The highest BCUT2D eigenvalue weighted by atomic mass is 79.9. The molecule has 0 saturated heterocycles. The smallest absolute Gasteiger partial charge is 0.341 e. The number of fused-ring (bicyclic) bond motifs is 1. The lowest BCUT2D eigenvalue weighted by molar-refractivity contribution is -0.139. The van der Waals surface area contributed by atoms with Crippen LogP contribution in [-0.2, 0) is 16.6 Å². The molecule has 1 unspecified atom stereocenters. The molecule has 1 aliphatic rings. The van der Waals surface area contributed by atoms with Crippen LogP contribution < -0.4 is 4.74 Å². The molecule has 0 heterocycles. The Kier molecular flexibility index (Phi) is 6.61. The summed E-state index contributed by atoms with van der Waals surface area (Å²) in [5.74, 6) is 2.67. The first-order valence-corrected chi connectivity index (χ1v) is 14.6. The van der Waals surface area contributed by atoms with Crippen LogP contribution >= 0.6 is 31.9 Å². The molecule has 0 bridgehead atoms. The Labute approximate surface area is 194 Å². The van der Waals surface area contributed by atoms with Crippen LogP contribution in [0.3, 0.4) is 0 Å². The van der Waals surface area contributed by atoms with Gasteiger partial charge in [-0.25, -0.2) is 4.79 Å². The zero-order valence-electron chi connectivity index (χ0n) is 17.0. The maximum Gasteiger partial charge on any atom is 0.341 e. The fraction of sp³-hybridized carbons (Fsp3) is 0.304. The summed E-state index contributed by atoms with van der Waals surface area (Å²) >= 11 is 6.97. The molecule has 0 spiro atoms. The molecule has 2 aromatic carbocycles. The van der Waals surface area contributed by atoms with E-state index in [9.17, 15) is 9.59 Å². The van der Waals surface area contributed by atoms with Crippen molar-refractivity contribution in [1.29, 1.82) is 0 Å². The molecule has 4 nitrogen and oxygen atoms in total. The molecule has 0 amide bonds. The average Bonchev–Trinajstić information content (AvgIpc) is 2.96. The second kappa shape index (κ2) is 8.70. The number of ether oxygens (including phenoxy) is 1. The molecule has 2 aromatic rings. The molecule has 0 saturated carbocycles. The fourth-order valence-electron chi connectivity index (χ4n) is 3.62. The van der Waals surface area contributed by atoms with Gasteiger partial charge in [-0.3, -0.25) is 4.79 Å². The number of benzene rings is 2. The van der Waals surface area contributed by atoms with E-state index in [1.54, 1.807) is 6.07 Å². The first-order valence-electron chi connectivity index (χ1n) is 9.51. The Morgan fingerprint density at radius 2 is 1.87 bits per heavy atom. The molecule has 1 aliphatic carbocycles. The summed E-state index contributed by atoms with van der Waals surface area (Å²) in [4.78, 5) is 24.7. The SMILES string of the molecule is C[Si](C)(C)C#CCC1(c2ccccc2)Cc2cc(OCC(=O)O)c(Br)c(Br)c2C1=O. The Morgan fingerprint density at radius 3 is 2.47 bits per heavy atom. The van der Waals surface area contributed by atoms with Gasteiger partial charge in [0.1, 0.15) is 13.8 Å². The maximum absolute atomic E-state index is 13.8. The normalized spacial score (nSPS) is 17.8. The predicted octanol–water partition coefficient (Wildman–Crippen LogP) is 5.62. The number of halogens is 2. The molecule has 7 heteroatoms. The second-order valence-electron chi connectivity index (χ2n) is 8.40. The molecular weight excluding hydrogens is 528 g/mol. The molecule has 3 rings (SSSR count). The molecule has 1 N–H and O–H groups in total. The summed E-state index contributed by atoms with van der Waals surface area (Å²) < 4.78 is 6.55. The van der Waals surface area contributed by atoms with E-state index in [-0.39, 0.29) is 5.78 Å². The lowest BCUT2D eigenvalue weighted by Gasteiger charge is -2.26. The maximum atomic E-state index is 13.8. The number of ketones is 1. The number of carbonyl (C=O) groups excluding carboxylic acids is 1. The van der Waals surface area contributed by atoms with Gasteiger partial charge in [-0.2, -0.15) is 0 Å². The standard InChI is InChI=1S/C23H22Br2O4Si/c1-30(2,3)11-7-10-23(16-8-5-4-6-9-16)13-15-12-17(29-14-18(26)27)20(24)21(25)19(15)22(23)28/h4-6,8-9,12H,10,13-14H2,1-3H3,(H,26,27). The molecule has 156 valence electrons. The number of hydrogen-bond acceptors (Lipinski definition) is 3. The van der Waals surface area contributed by atoms with Crippen molar-refractivity contribution < 1.29 is 19.4 Å². The van der Waals surface area contributed by atoms with E-state index in [0.717, 1.165) is 11.1 Å². The van der Waals surface area contributed by atoms with Crippen LogP contribution in [0.1, 0.15) is 27.9 Å². The van der Waals surface area contributed by atoms with Gasteiger partial charge < -0.3 is 9.84 Å². The minimum absolute atomic E-state index is 0.0194. The number of aliphatic carboxylic acids is 1. The number of carboxylic acid groups (broad SMARTS) is 1. The zero-order valence-corrected chi connectivity index (χ0v) is 21.2. The first-order chi connectivity index (χ1) is 14.0. The van der Waals surface area contributed by atoms with Crippen LogP contribution in [0.4, 0.5) is 0 Å². The third-order valence-electron chi connectivity index (χ3n) is 4.94. The van der Waals surface area contributed by atoms with E-state index in [0.29, 0.717) is 33.1 Å². The molecule has 0 aromatic heterocycles. The van der Waals surface area contributed by atoms with Crippen LogP contribution in [0, 0.1) is 11.5 Å². The molecular formula is C23H22Br2O4Si. The average molecular weight is 550 g/mol. The van der Waals surface area contributed by atoms with Gasteiger partial charge in [-0.1, -0.05) is 50.0 Å². The largest absolute Gasteiger partial charge is 0.481 e. The van der Waals surface area contributed by atoms with E-state index >= 15 is 0 Å². The fourth-order valence-corrected chi connectivity index (χ4v) is 5.30. The van der Waals surface area contributed by atoms with Gasteiger partial charge in [-0.05, 0) is 55.5 Å². The minimum atomic E-state index is -1.58. The minimum Gasteiger partial charge on any atom is -0.481 e. The van der Waals surface area contributed by atoms with Crippen molar-refractivity contribution in [2.24, 2.45) is 0 Å². The van der Waals surface area contributed by atoms with Crippen LogP contribution in [0.2, 0.25) is 19.6 Å². The van der Waals surface area contributed by atoms with Crippen molar-refractivity contribution in [3.8, 4) is 17.2 Å². The van der Waals surface area contributed by atoms with Gasteiger partial charge in [0.05, 0.1) is 9.89 Å². The number of carboxylic acids is 1. The molecule has 0 fully saturated rings. The van der Waals surface area contributed by atoms with Crippen molar-refractivity contribution in [3.05, 3.63) is 62.0 Å². The molecule has 1 atom stereocenters. The Hall–Kier alpha value is -1.88. The van der Waals surface area contributed by atoms with Crippen LogP contribution in [-0.4, -0.2) is 31.5 Å². The van der Waals surface area contributed by atoms with E-state index in [1.165, 1.54) is 0 Å².